The van der Waals surface area contributed by atoms with E-state index in [9.17, 15) is 14.4 Å². The van der Waals surface area contributed by atoms with Gasteiger partial charge < -0.3 is 14.2 Å². The zero-order chi connectivity index (χ0) is 47.2. The Bertz CT molecular complexity index is 1310. The van der Waals surface area contributed by atoms with E-state index in [0.29, 0.717) is 12.8 Å². The Morgan fingerprint density at radius 1 is 0.323 bits per heavy atom. The molecule has 6 nitrogen and oxygen atoms in total. The first-order valence-electron chi connectivity index (χ1n) is 26.7. The van der Waals surface area contributed by atoms with Crippen LogP contribution in [0.3, 0.4) is 0 Å². The summed E-state index contributed by atoms with van der Waals surface area (Å²) in [4.78, 5) is 38.0. The van der Waals surface area contributed by atoms with E-state index in [2.05, 4.69) is 118 Å². The van der Waals surface area contributed by atoms with Crippen LogP contribution >= 0.6 is 0 Å². The first kappa shape index (κ1) is 61.3. The number of ether oxygens (including phenoxy) is 3. The molecule has 0 N–H and O–H groups in total. The molecule has 65 heavy (non-hydrogen) atoms. The quantitative estimate of drug-likeness (QED) is 0.0262. The zero-order valence-corrected chi connectivity index (χ0v) is 42.2. The number of allylic oxidation sites excluding steroid dienone is 16. The Labute approximate surface area is 400 Å². The number of unbranched alkanes of at least 4 members (excludes halogenated alkanes) is 20. The van der Waals surface area contributed by atoms with Crippen molar-refractivity contribution in [3.8, 4) is 0 Å². The van der Waals surface area contributed by atoms with Gasteiger partial charge in [0.25, 0.3) is 0 Å². The largest absolute Gasteiger partial charge is 0.462 e. The number of carbonyl (C=O) groups excluding carboxylic acids is 3. The van der Waals surface area contributed by atoms with Gasteiger partial charge in [-0.1, -0.05) is 214 Å². The first-order valence-corrected chi connectivity index (χ1v) is 26.7. The van der Waals surface area contributed by atoms with Crippen molar-refractivity contribution >= 4 is 17.9 Å². The lowest BCUT2D eigenvalue weighted by Crippen LogP contribution is -2.30. The van der Waals surface area contributed by atoms with Crippen LogP contribution in [0.2, 0.25) is 0 Å². The lowest BCUT2D eigenvalue weighted by Gasteiger charge is -2.18. The summed E-state index contributed by atoms with van der Waals surface area (Å²) in [5.74, 6) is -0.956. The fourth-order valence-electron chi connectivity index (χ4n) is 7.06. The molecule has 0 radical (unpaired) electrons. The van der Waals surface area contributed by atoms with Crippen molar-refractivity contribution in [3.05, 3.63) is 97.2 Å². The Kier molecular flexibility index (Phi) is 50.0. The normalized spacial score (nSPS) is 12.8. The summed E-state index contributed by atoms with van der Waals surface area (Å²) in [6, 6.07) is 0. The summed E-state index contributed by atoms with van der Waals surface area (Å²) in [6.45, 7) is 6.44. The average molecular weight is 903 g/mol. The SMILES string of the molecule is CC/C=C\C/C=C\C/C=C\C/C=C\CCCCCCC(=O)OC[C@H](COC(=O)CCCCCCCCCCCCC)OC(=O)CCCCC/C=C\C/C=C\C/C=C\C/C=C\CCCCC. The van der Waals surface area contributed by atoms with Crippen LogP contribution in [0.15, 0.2) is 97.2 Å². The number of esters is 3. The molecule has 0 aliphatic carbocycles. The molecule has 0 saturated carbocycles. The van der Waals surface area contributed by atoms with E-state index in [0.717, 1.165) is 122 Å². The monoisotopic (exact) mass is 903 g/mol. The van der Waals surface area contributed by atoms with Crippen molar-refractivity contribution in [2.75, 3.05) is 13.2 Å². The third-order valence-electron chi connectivity index (χ3n) is 11.1. The predicted octanol–water partition coefficient (Wildman–Crippen LogP) is 17.8. The molecule has 0 fully saturated rings. The highest BCUT2D eigenvalue weighted by molar-refractivity contribution is 5.71. The van der Waals surface area contributed by atoms with E-state index < -0.39 is 6.10 Å². The van der Waals surface area contributed by atoms with Crippen LogP contribution in [0.5, 0.6) is 0 Å². The summed E-state index contributed by atoms with van der Waals surface area (Å²) in [5.41, 5.74) is 0. The minimum atomic E-state index is -0.803. The van der Waals surface area contributed by atoms with Gasteiger partial charge in [0.1, 0.15) is 13.2 Å². The van der Waals surface area contributed by atoms with Crippen LogP contribution in [0, 0.1) is 0 Å². The molecule has 0 saturated heterocycles. The van der Waals surface area contributed by atoms with Crippen LogP contribution in [0.4, 0.5) is 0 Å². The first-order chi connectivity index (χ1) is 32.0. The van der Waals surface area contributed by atoms with Crippen molar-refractivity contribution in [2.45, 2.75) is 245 Å². The lowest BCUT2D eigenvalue weighted by molar-refractivity contribution is -0.167. The molecule has 0 bridgehead atoms. The van der Waals surface area contributed by atoms with Crippen LogP contribution in [-0.4, -0.2) is 37.2 Å². The molecule has 0 aromatic carbocycles. The molecule has 0 amide bonds. The van der Waals surface area contributed by atoms with Crippen molar-refractivity contribution in [1.29, 1.82) is 0 Å². The van der Waals surface area contributed by atoms with Gasteiger partial charge in [0.15, 0.2) is 6.10 Å². The van der Waals surface area contributed by atoms with E-state index in [1.807, 2.05) is 0 Å². The second-order valence-electron chi connectivity index (χ2n) is 17.4. The minimum absolute atomic E-state index is 0.0980. The molecule has 1 atom stereocenters. The van der Waals surface area contributed by atoms with Gasteiger partial charge in [-0.15, -0.1) is 0 Å². The molecule has 0 unspecified atom stereocenters. The fourth-order valence-corrected chi connectivity index (χ4v) is 7.06. The van der Waals surface area contributed by atoms with Crippen molar-refractivity contribution in [3.63, 3.8) is 0 Å². The summed E-state index contributed by atoms with van der Waals surface area (Å²) in [5, 5.41) is 0. The van der Waals surface area contributed by atoms with E-state index in [4.69, 9.17) is 14.2 Å². The summed E-state index contributed by atoms with van der Waals surface area (Å²) in [7, 11) is 0. The highest BCUT2D eigenvalue weighted by Crippen LogP contribution is 2.14. The molecule has 0 heterocycles. The lowest BCUT2D eigenvalue weighted by atomic mass is 10.1. The maximum Gasteiger partial charge on any atom is 0.306 e. The van der Waals surface area contributed by atoms with Gasteiger partial charge in [0.2, 0.25) is 0 Å². The van der Waals surface area contributed by atoms with E-state index in [-0.39, 0.29) is 37.5 Å². The highest BCUT2D eigenvalue weighted by Gasteiger charge is 2.19. The van der Waals surface area contributed by atoms with E-state index >= 15 is 0 Å². The third kappa shape index (κ3) is 51.2. The van der Waals surface area contributed by atoms with Crippen LogP contribution in [-0.2, 0) is 28.6 Å². The van der Waals surface area contributed by atoms with Gasteiger partial charge in [-0.25, -0.2) is 0 Å². The number of hydrogen-bond donors (Lipinski definition) is 0. The fraction of sp³-hybridized carbons (Fsp3) is 0.678. The van der Waals surface area contributed by atoms with Crippen LogP contribution in [0.25, 0.3) is 0 Å². The summed E-state index contributed by atoms with van der Waals surface area (Å²) >= 11 is 0. The molecular formula is C59H98O6. The summed E-state index contributed by atoms with van der Waals surface area (Å²) in [6.07, 6.45) is 69.6. The number of carbonyl (C=O) groups is 3. The van der Waals surface area contributed by atoms with Gasteiger partial charge in [-0.3, -0.25) is 14.4 Å². The van der Waals surface area contributed by atoms with E-state index in [1.165, 1.54) is 77.0 Å². The topological polar surface area (TPSA) is 78.9 Å². The number of hydrogen-bond acceptors (Lipinski definition) is 6. The van der Waals surface area contributed by atoms with Crippen LogP contribution < -0.4 is 0 Å². The molecule has 0 aromatic rings. The smallest absolute Gasteiger partial charge is 0.306 e. The van der Waals surface area contributed by atoms with Gasteiger partial charge in [0, 0.05) is 19.3 Å². The standard InChI is InChI=1S/C59H98O6/c1-4-7-10-13-16-19-22-24-26-28-29-31-33-35-38-41-44-47-50-53-59(62)65-56(54-63-57(60)51-48-45-42-39-36-21-18-15-12-9-6-3)55-64-58(61)52-49-46-43-40-37-34-32-30-27-25-23-20-17-14-11-8-5-2/h8,11,16-17,19-20,24-27,29,31-32,34-35,38,56H,4-7,9-10,12-15,18,21-23,28,30,33,36-37,39-55H2,1-3H3/b11-8-,19-16-,20-17-,26-24-,27-25-,31-29-,34-32-,38-35-/t56-/m0/s1. The molecule has 0 aliphatic rings. The van der Waals surface area contributed by atoms with Crippen molar-refractivity contribution in [1.82, 2.24) is 0 Å². The van der Waals surface area contributed by atoms with Crippen molar-refractivity contribution < 1.29 is 28.6 Å². The molecule has 0 spiro atoms. The minimum Gasteiger partial charge on any atom is -0.462 e. The van der Waals surface area contributed by atoms with Crippen LogP contribution in [0.1, 0.15) is 239 Å². The second-order valence-corrected chi connectivity index (χ2v) is 17.4. The molecule has 370 valence electrons. The van der Waals surface area contributed by atoms with Gasteiger partial charge in [-0.05, 0) is 103 Å². The molecule has 6 heteroatoms. The Balaban J connectivity index is 4.48. The highest BCUT2D eigenvalue weighted by atomic mass is 16.6. The van der Waals surface area contributed by atoms with Crippen molar-refractivity contribution in [2.24, 2.45) is 0 Å². The third-order valence-corrected chi connectivity index (χ3v) is 11.1. The zero-order valence-electron chi connectivity index (χ0n) is 42.2. The Morgan fingerprint density at radius 3 is 0.985 bits per heavy atom. The van der Waals surface area contributed by atoms with Gasteiger partial charge >= 0.3 is 17.9 Å². The Morgan fingerprint density at radius 2 is 0.600 bits per heavy atom. The summed E-state index contributed by atoms with van der Waals surface area (Å²) < 4.78 is 16.8. The predicted molar refractivity (Wildman–Crippen MR) is 279 cm³/mol. The number of rotatable bonds is 47. The van der Waals surface area contributed by atoms with E-state index in [1.54, 1.807) is 0 Å². The maximum absolute atomic E-state index is 12.8. The maximum atomic E-state index is 12.8. The molecular weight excluding hydrogens is 805 g/mol. The molecule has 0 aliphatic heterocycles. The molecule has 0 aromatic heterocycles. The van der Waals surface area contributed by atoms with Gasteiger partial charge in [-0.2, -0.15) is 0 Å². The second kappa shape index (κ2) is 52.9. The average Bonchev–Trinajstić information content (AvgIpc) is 3.30. The molecule has 0 rings (SSSR count). The Hall–Kier alpha value is -3.67. The van der Waals surface area contributed by atoms with Gasteiger partial charge in [0.05, 0.1) is 0 Å².